The molecule has 0 radical (unpaired) electrons. The van der Waals surface area contributed by atoms with E-state index in [0.29, 0.717) is 13.2 Å². The zero-order valence-electron chi connectivity index (χ0n) is 16.5. The van der Waals surface area contributed by atoms with Crippen LogP contribution in [0, 0.1) is 13.8 Å². The van der Waals surface area contributed by atoms with E-state index in [1.807, 2.05) is 31.2 Å². The number of carbonyl (C=O) groups excluding carboxylic acids is 1. The number of benzene rings is 2. The molecule has 1 aliphatic carbocycles. The lowest BCUT2D eigenvalue weighted by atomic mass is 9.91. The van der Waals surface area contributed by atoms with E-state index >= 15 is 0 Å². The molecule has 1 unspecified atom stereocenters. The molecule has 27 heavy (non-hydrogen) atoms. The third kappa shape index (κ3) is 5.03. The molecule has 4 heteroatoms. The first-order valence-corrected chi connectivity index (χ1v) is 9.80. The van der Waals surface area contributed by atoms with Crippen molar-refractivity contribution in [1.29, 1.82) is 0 Å². The van der Waals surface area contributed by atoms with Crippen LogP contribution in [0.2, 0.25) is 0 Å². The summed E-state index contributed by atoms with van der Waals surface area (Å²) in [5, 5.41) is 2.89. The molecule has 0 heterocycles. The van der Waals surface area contributed by atoms with Crippen LogP contribution in [-0.4, -0.2) is 25.2 Å². The minimum absolute atomic E-state index is 0.118. The van der Waals surface area contributed by atoms with Gasteiger partial charge >= 0.3 is 0 Å². The first-order valence-electron chi connectivity index (χ1n) is 9.80. The standard InChI is InChI=1S/C23H29NO3/c1-16-11-12-21(17(2)15-16)26-14-13-24-23(25)18(3)27-22-10-6-8-19-7-4-5-9-20(19)22/h6,8,10-12,15,18H,4-5,7,9,13-14H2,1-3H3,(H,24,25). The molecular weight excluding hydrogens is 338 g/mol. The Balaban J connectivity index is 1.47. The van der Waals surface area contributed by atoms with Gasteiger partial charge in [0.25, 0.3) is 5.91 Å². The average molecular weight is 367 g/mol. The van der Waals surface area contributed by atoms with E-state index in [1.165, 1.54) is 29.5 Å². The van der Waals surface area contributed by atoms with Gasteiger partial charge in [0, 0.05) is 0 Å². The van der Waals surface area contributed by atoms with E-state index in [0.717, 1.165) is 29.9 Å². The summed E-state index contributed by atoms with van der Waals surface area (Å²) in [6.45, 7) is 6.76. The van der Waals surface area contributed by atoms with Gasteiger partial charge in [-0.05, 0) is 75.3 Å². The fraction of sp³-hybridized carbons (Fsp3) is 0.435. The predicted octanol–water partition coefficient (Wildman–Crippen LogP) is 4.14. The smallest absolute Gasteiger partial charge is 0.260 e. The molecule has 144 valence electrons. The molecular formula is C23H29NO3. The molecule has 2 aromatic carbocycles. The number of carbonyl (C=O) groups is 1. The highest BCUT2D eigenvalue weighted by molar-refractivity contribution is 5.80. The van der Waals surface area contributed by atoms with Gasteiger partial charge in [-0.2, -0.15) is 0 Å². The first-order chi connectivity index (χ1) is 13.0. The topological polar surface area (TPSA) is 47.6 Å². The Kier molecular flexibility index (Phi) is 6.38. The lowest BCUT2D eigenvalue weighted by Gasteiger charge is -2.22. The molecule has 0 aromatic heterocycles. The molecule has 1 aliphatic rings. The maximum absolute atomic E-state index is 12.3. The van der Waals surface area contributed by atoms with Crippen LogP contribution in [0.15, 0.2) is 36.4 Å². The Morgan fingerprint density at radius 2 is 1.93 bits per heavy atom. The summed E-state index contributed by atoms with van der Waals surface area (Å²) in [5.41, 5.74) is 4.93. The van der Waals surface area contributed by atoms with E-state index in [2.05, 4.69) is 24.4 Å². The largest absolute Gasteiger partial charge is 0.491 e. The zero-order chi connectivity index (χ0) is 19.2. The first kappa shape index (κ1) is 19.3. The Bertz CT molecular complexity index is 800. The number of fused-ring (bicyclic) bond motifs is 1. The fourth-order valence-corrected chi connectivity index (χ4v) is 3.54. The predicted molar refractivity (Wildman–Crippen MR) is 108 cm³/mol. The number of nitrogens with one attached hydrogen (secondary N) is 1. The fourth-order valence-electron chi connectivity index (χ4n) is 3.54. The summed E-state index contributed by atoms with van der Waals surface area (Å²) in [7, 11) is 0. The van der Waals surface area contributed by atoms with Crippen LogP contribution in [0.1, 0.15) is 42.0 Å². The molecule has 1 amide bonds. The van der Waals surface area contributed by atoms with Crippen molar-refractivity contribution in [3.63, 3.8) is 0 Å². The molecule has 4 nitrogen and oxygen atoms in total. The molecule has 0 aliphatic heterocycles. The maximum Gasteiger partial charge on any atom is 0.260 e. The molecule has 0 spiro atoms. The minimum Gasteiger partial charge on any atom is -0.491 e. The number of rotatable bonds is 7. The SMILES string of the molecule is Cc1ccc(OCCNC(=O)C(C)Oc2cccc3c2CCCC3)c(C)c1. The summed E-state index contributed by atoms with van der Waals surface area (Å²) in [6, 6.07) is 12.2. The van der Waals surface area contributed by atoms with Gasteiger partial charge in [-0.25, -0.2) is 0 Å². The van der Waals surface area contributed by atoms with Crippen LogP contribution < -0.4 is 14.8 Å². The third-order valence-electron chi connectivity index (χ3n) is 5.02. The van der Waals surface area contributed by atoms with Crippen molar-refractivity contribution in [1.82, 2.24) is 5.32 Å². The van der Waals surface area contributed by atoms with Crippen molar-refractivity contribution in [3.8, 4) is 11.5 Å². The minimum atomic E-state index is -0.528. The highest BCUT2D eigenvalue weighted by Gasteiger charge is 2.19. The van der Waals surface area contributed by atoms with Gasteiger partial charge < -0.3 is 14.8 Å². The summed E-state index contributed by atoms with van der Waals surface area (Å²) in [4.78, 5) is 12.3. The molecule has 2 aromatic rings. The van der Waals surface area contributed by atoms with Gasteiger partial charge in [0.2, 0.25) is 0 Å². The summed E-state index contributed by atoms with van der Waals surface area (Å²) in [6.07, 6.45) is 4.02. The van der Waals surface area contributed by atoms with E-state index in [4.69, 9.17) is 9.47 Å². The van der Waals surface area contributed by atoms with E-state index in [1.54, 1.807) is 6.92 Å². The summed E-state index contributed by atoms with van der Waals surface area (Å²) >= 11 is 0. The number of hydrogen-bond donors (Lipinski definition) is 1. The quantitative estimate of drug-likeness (QED) is 0.748. The van der Waals surface area contributed by atoms with Crippen molar-refractivity contribution >= 4 is 5.91 Å². The van der Waals surface area contributed by atoms with Crippen molar-refractivity contribution < 1.29 is 14.3 Å². The van der Waals surface area contributed by atoms with Gasteiger partial charge in [-0.3, -0.25) is 4.79 Å². The van der Waals surface area contributed by atoms with Gasteiger partial charge in [-0.15, -0.1) is 0 Å². The van der Waals surface area contributed by atoms with Gasteiger partial charge in [-0.1, -0.05) is 29.8 Å². The van der Waals surface area contributed by atoms with Crippen LogP contribution in [0.4, 0.5) is 0 Å². The average Bonchev–Trinajstić information content (AvgIpc) is 2.66. The molecule has 0 bridgehead atoms. The van der Waals surface area contributed by atoms with Crippen molar-refractivity contribution in [3.05, 3.63) is 58.7 Å². The molecule has 0 fully saturated rings. The van der Waals surface area contributed by atoms with E-state index < -0.39 is 6.10 Å². The molecule has 0 saturated carbocycles. The lowest BCUT2D eigenvalue weighted by Crippen LogP contribution is -2.38. The van der Waals surface area contributed by atoms with Crippen LogP contribution in [-0.2, 0) is 17.6 Å². The van der Waals surface area contributed by atoms with E-state index in [9.17, 15) is 4.79 Å². The van der Waals surface area contributed by atoms with Crippen LogP contribution in [0.25, 0.3) is 0 Å². The van der Waals surface area contributed by atoms with Crippen LogP contribution in [0.5, 0.6) is 11.5 Å². The number of hydrogen-bond acceptors (Lipinski definition) is 3. The third-order valence-corrected chi connectivity index (χ3v) is 5.02. The Morgan fingerprint density at radius 3 is 2.74 bits per heavy atom. The second-order valence-electron chi connectivity index (χ2n) is 7.27. The Labute approximate surface area is 161 Å². The Hall–Kier alpha value is -2.49. The highest BCUT2D eigenvalue weighted by atomic mass is 16.5. The van der Waals surface area contributed by atoms with Crippen LogP contribution in [0.3, 0.4) is 0 Å². The Morgan fingerprint density at radius 1 is 1.11 bits per heavy atom. The monoisotopic (exact) mass is 367 g/mol. The second kappa shape index (κ2) is 8.94. The van der Waals surface area contributed by atoms with Gasteiger partial charge in [0.05, 0.1) is 6.54 Å². The number of ether oxygens (including phenoxy) is 2. The van der Waals surface area contributed by atoms with Crippen molar-refractivity contribution in [2.75, 3.05) is 13.2 Å². The maximum atomic E-state index is 12.3. The normalized spacial score (nSPS) is 14.2. The molecule has 3 rings (SSSR count). The summed E-state index contributed by atoms with van der Waals surface area (Å²) < 4.78 is 11.7. The van der Waals surface area contributed by atoms with Gasteiger partial charge in [0.1, 0.15) is 18.1 Å². The van der Waals surface area contributed by atoms with Gasteiger partial charge in [0.15, 0.2) is 6.10 Å². The van der Waals surface area contributed by atoms with Crippen LogP contribution >= 0.6 is 0 Å². The van der Waals surface area contributed by atoms with E-state index in [-0.39, 0.29) is 5.91 Å². The number of amides is 1. The van der Waals surface area contributed by atoms with Crippen molar-refractivity contribution in [2.45, 2.75) is 52.6 Å². The zero-order valence-corrected chi connectivity index (χ0v) is 16.5. The molecule has 1 N–H and O–H groups in total. The van der Waals surface area contributed by atoms with Crippen molar-refractivity contribution in [2.24, 2.45) is 0 Å². The number of aryl methyl sites for hydroxylation is 3. The summed E-state index contributed by atoms with van der Waals surface area (Å²) in [5.74, 6) is 1.59. The molecule has 1 atom stereocenters. The highest BCUT2D eigenvalue weighted by Crippen LogP contribution is 2.30. The lowest BCUT2D eigenvalue weighted by molar-refractivity contribution is -0.127. The molecule has 0 saturated heterocycles. The second-order valence-corrected chi connectivity index (χ2v) is 7.27.